The van der Waals surface area contributed by atoms with E-state index in [1.165, 1.54) is 4.90 Å². The van der Waals surface area contributed by atoms with E-state index < -0.39 is 54.8 Å². The van der Waals surface area contributed by atoms with Crippen LogP contribution in [0.1, 0.15) is 92.4 Å². The van der Waals surface area contributed by atoms with Gasteiger partial charge in [0.05, 0.1) is 12.7 Å². The molecule has 5 rings (SSSR count). The van der Waals surface area contributed by atoms with Gasteiger partial charge in [0.1, 0.15) is 37.6 Å². The minimum Gasteiger partial charge on any atom is -0.445 e. The molecular formula is C52H70N4O10. The predicted molar refractivity (Wildman–Crippen MR) is 252 cm³/mol. The lowest BCUT2D eigenvalue weighted by atomic mass is 10.0. The summed E-state index contributed by atoms with van der Waals surface area (Å²) in [4.78, 5) is 42.5. The van der Waals surface area contributed by atoms with E-state index in [1.54, 1.807) is 0 Å². The predicted octanol–water partition coefficient (Wildman–Crippen LogP) is 6.83. The normalized spacial score (nSPS) is 17.4. The Morgan fingerprint density at radius 2 is 1.33 bits per heavy atom. The number of amides is 3. The van der Waals surface area contributed by atoms with Crippen LogP contribution in [0.5, 0.6) is 0 Å². The number of hydrogen-bond acceptors (Lipinski definition) is 11. The zero-order chi connectivity index (χ0) is 46.9. The first kappa shape index (κ1) is 51.6. The van der Waals surface area contributed by atoms with Crippen molar-refractivity contribution in [1.82, 2.24) is 15.1 Å². The molecule has 0 aromatic heterocycles. The van der Waals surface area contributed by atoms with Gasteiger partial charge in [0.15, 0.2) is 6.29 Å². The molecular weight excluding hydrogens is 841 g/mol. The molecule has 0 bridgehead atoms. The van der Waals surface area contributed by atoms with Crippen molar-refractivity contribution >= 4 is 18.1 Å². The molecule has 1 aliphatic heterocycles. The number of rotatable bonds is 28. The Morgan fingerprint density at radius 3 is 1.97 bits per heavy atom. The summed E-state index contributed by atoms with van der Waals surface area (Å²) < 4.78 is 22.7. The van der Waals surface area contributed by atoms with Gasteiger partial charge in [-0.05, 0) is 80.3 Å². The number of nitrogens with two attached hydrogens (primary N) is 1. The van der Waals surface area contributed by atoms with Crippen molar-refractivity contribution in [3.63, 3.8) is 0 Å². The average molecular weight is 911 g/mol. The minimum absolute atomic E-state index is 0.0242. The highest BCUT2D eigenvalue weighted by atomic mass is 16.7. The Labute approximate surface area is 390 Å². The van der Waals surface area contributed by atoms with Gasteiger partial charge in [-0.2, -0.15) is 0 Å². The smallest absolute Gasteiger partial charge is 0.410 e. The van der Waals surface area contributed by atoms with Crippen LogP contribution < -0.4 is 11.1 Å². The second-order valence-electron chi connectivity index (χ2n) is 17.0. The first-order chi connectivity index (χ1) is 32.1. The van der Waals surface area contributed by atoms with E-state index in [1.807, 2.05) is 108 Å². The minimum atomic E-state index is -1.41. The molecule has 1 saturated heterocycles. The Bertz CT molecular complexity index is 1980. The number of ether oxygens (including phenoxy) is 4. The molecule has 0 radical (unpaired) electrons. The fourth-order valence-electron chi connectivity index (χ4n) is 7.98. The lowest BCUT2D eigenvalue weighted by molar-refractivity contribution is -0.283. The highest BCUT2D eigenvalue weighted by molar-refractivity contribution is 5.84. The third-order valence-corrected chi connectivity index (χ3v) is 11.8. The van der Waals surface area contributed by atoms with Crippen LogP contribution in [-0.2, 0) is 49.8 Å². The third-order valence-electron chi connectivity index (χ3n) is 11.8. The number of carbonyl (C=O) groups excluding carboxylic acids is 3. The second kappa shape index (κ2) is 28.6. The summed E-state index contributed by atoms with van der Waals surface area (Å²) in [5, 5.41) is 36.3. The van der Waals surface area contributed by atoms with Gasteiger partial charge in [-0.15, -0.1) is 0 Å². The Kier molecular flexibility index (Phi) is 22.4. The topological polar surface area (TPSA) is 193 Å². The standard InChI is InChI=1S/C52H70N4O10/c1-2-3-4-16-32-55(35-45(57)47(59)48-46(58)38-63-50(66-48)43-23-12-7-13-24-43)33-17-34-56(52(62)65-37-42-21-10-6-11-22-42)44(49(53)60)30-29-40-27-25-39(26-28-40)18-14-15-31-54-51(61)64-36-41-19-8-5-9-20-41/h5-13,19-28,44-48,50,57-59H,2-4,14-18,29-38H2,1H3,(H2,53,60)(H,54,61)/t44-,45-,46+,47+,48+,50?/m0/s1. The number of nitrogens with zero attached hydrogens (tertiary/aromatic N) is 2. The second-order valence-corrected chi connectivity index (χ2v) is 17.0. The Hall–Kier alpha value is -5.35. The van der Waals surface area contributed by atoms with Crippen molar-refractivity contribution in [2.24, 2.45) is 5.73 Å². The maximum atomic E-state index is 13.8. The van der Waals surface area contributed by atoms with Crippen molar-refractivity contribution in [2.75, 3.05) is 39.3 Å². The average Bonchev–Trinajstić information content (AvgIpc) is 3.34. The van der Waals surface area contributed by atoms with Crippen LogP contribution in [0.3, 0.4) is 0 Å². The quantitative estimate of drug-likeness (QED) is 0.0375. The number of nitrogens with one attached hydrogen (secondary N) is 1. The molecule has 0 saturated carbocycles. The SMILES string of the molecule is CCCCCCN(CCCN(C(=O)OCc1ccccc1)[C@@H](CCc1ccc(CCCCNC(=O)OCc2ccccc2)cc1)C(N)=O)C[C@H](O)[C@@H](O)[C@@H]1OC(c2ccccc2)OC[C@H]1O. The number of aliphatic hydroxyl groups excluding tert-OH is 3. The van der Waals surface area contributed by atoms with Gasteiger partial charge in [0.25, 0.3) is 0 Å². The lowest BCUT2D eigenvalue weighted by Gasteiger charge is -2.39. The van der Waals surface area contributed by atoms with Crippen molar-refractivity contribution in [3.05, 3.63) is 143 Å². The van der Waals surface area contributed by atoms with E-state index in [0.717, 1.165) is 72.8 Å². The molecule has 14 heteroatoms. The molecule has 1 fully saturated rings. The number of aliphatic hydroxyl groups is 3. The first-order valence-corrected chi connectivity index (χ1v) is 23.5. The summed E-state index contributed by atoms with van der Waals surface area (Å²) in [6.45, 7) is 4.14. The highest BCUT2D eigenvalue weighted by Crippen LogP contribution is 2.29. The van der Waals surface area contributed by atoms with Crippen molar-refractivity contribution in [2.45, 2.75) is 121 Å². The summed E-state index contributed by atoms with van der Waals surface area (Å²) >= 11 is 0. The Morgan fingerprint density at radius 1 is 0.727 bits per heavy atom. The summed E-state index contributed by atoms with van der Waals surface area (Å²) in [7, 11) is 0. The van der Waals surface area contributed by atoms with Gasteiger partial charge in [-0.25, -0.2) is 9.59 Å². The van der Waals surface area contributed by atoms with E-state index in [4.69, 9.17) is 24.7 Å². The fraction of sp³-hybridized carbons (Fsp3) is 0.481. The first-order valence-electron chi connectivity index (χ1n) is 23.5. The van der Waals surface area contributed by atoms with E-state index in [-0.39, 0.29) is 39.3 Å². The number of benzene rings is 4. The van der Waals surface area contributed by atoms with Gasteiger partial charge >= 0.3 is 12.2 Å². The third kappa shape index (κ3) is 17.8. The Balaban J connectivity index is 1.16. The maximum absolute atomic E-state index is 13.8. The van der Waals surface area contributed by atoms with Gasteiger partial charge in [0, 0.05) is 25.2 Å². The number of primary amides is 1. The van der Waals surface area contributed by atoms with Crippen LogP contribution in [0.15, 0.2) is 115 Å². The largest absolute Gasteiger partial charge is 0.445 e. The van der Waals surface area contributed by atoms with Gasteiger partial charge < -0.3 is 50.2 Å². The maximum Gasteiger partial charge on any atom is 0.410 e. The molecule has 0 aliphatic carbocycles. The van der Waals surface area contributed by atoms with Crippen molar-refractivity contribution in [1.29, 1.82) is 0 Å². The molecule has 6 N–H and O–H groups in total. The lowest BCUT2D eigenvalue weighted by Crippen LogP contribution is -2.54. The number of unbranched alkanes of at least 4 members (excludes halogenated alkanes) is 4. The van der Waals surface area contributed by atoms with Gasteiger partial charge in [0.2, 0.25) is 5.91 Å². The molecule has 14 nitrogen and oxygen atoms in total. The van der Waals surface area contributed by atoms with Crippen LogP contribution in [0.2, 0.25) is 0 Å². The number of carbonyl (C=O) groups is 3. The molecule has 358 valence electrons. The molecule has 1 heterocycles. The molecule has 3 amide bonds. The van der Waals surface area contributed by atoms with Crippen molar-refractivity contribution < 1.29 is 48.7 Å². The molecule has 1 unspecified atom stereocenters. The molecule has 4 aromatic rings. The molecule has 66 heavy (non-hydrogen) atoms. The van der Waals surface area contributed by atoms with Crippen LogP contribution in [0, 0.1) is 0 Å². The van der Waals surface area contributed by atoms with Crippen LogP contribution in [-0.4, -0.2) is 113 Å². The zero-order valence-corrected chi connectivity index (χ0v) is 38.3. The van der Waals surface area contributed by atoms with E-state index in [0.29, 0.717) is 32.5 Å². The summed E-state index contributed by atoms with van der Waals surface area (Å²) in [6, 6.07) is 35.3. The monoisotopic (exact) mass is 911 g/mol. The zero-order valence-electron chi connectivity index (χ0n) is 38.3. The number of alkyl carbamates (subject to hydrolysis) is 1. The van der Waals surface area contributed by atoms with E-state index in [9.17, 15) is 29.7 Å². The summed E-state index contributed by atoms with van der Waals surface area (Å²) in [5.41, 5.74) is 10.6. The fourth-order valence-corrected chi connectivity index (χ4v) is 7.98. The number of aryl methyl sites for hydroxylation is 2. The molecule has 1 aliphatic rings. The summed E-state index contributed by atoms with van der Waals surface area (Å²) in [6.07, 6.45) is 0.865. The van der Waals surface area contributed by atoms with E-state index >= 15 is 0 Å². The molecule has 6 atom stereocenters. The van der Waals surface area contributed by atoms with Crippen LogP contribution >= 0.6 is 0 Å². The molecule has 4 aromatic carbocycles. The number of hydrogen-bond donors (Lipinski definition) is 5. The highest BCUT2D eigenvalue weighted by Gasteiger charge is 2.40. The van der Waals surface area contributed by atoms with Crippen LogP contribution in [0.4, 0.5) is 9.59 Å². The van der Waals surface area contributed by atoms with E-state index in [2.05, 4.69) is 24.4 Å². The molecule has 0 spiro atoms. The summed E-state index contributed by atoms with van der Waals surface area (Å²) in [5.74, 6) is -0.639. The van der Waals surface area contributed by atoms with Crippen LogP contribution in [0.25, 0.3) is 0 Å². The van der Waals surface area contributed by atoms with Gasteiger partial charge in [-0.3, -0.25) is 9.69 Å². The van der Waals surface area contributed by atoms with Gasteiger partial charge in [-0.1, -0.05) is 141 Å². The van der Waals surface area contributed by atoms with Crippen molar-refractivity contribution in [3.8, 4) is 0 Å².